The molecule has 0 unspecified atom stereocenters. The summed E-state index contributed by atoms with van der Waals surface area (Å²) in [5.41, 5.74) is 1.13. The molecule has 0 atom stereocenters. The van der Waals surface area contributed by atoms with Crippen molar-refractivity contribution in [2.24, 2.45) is 0 Å². The van der Waals surface area contributed by atoms with Crippen molar-refractivity contribution < 1.29 is 14.3 Å². The number of thioether (sulfide) groups is 1. The van der Waals surface area contributed by atoms with E-state index in [0.717, 1.165) is 24.6 Å². The quantitative estimate of drug-likeness (QED) is 0.623. The predicted molar refractivity (Wildman–Crippen MR) is 111 cm³/mol. The third-order valence-electron chi connectivity index (χ3n) is 4.44. The predicted octanol–water partition coefficient (Wildman–Crippen LogP) is 0.460. The lowest BCUT2D eigenvalue weighted by atomic mass is 10.2. The van der Waals surface area contributed by atoms with Crippen molar-refractivity contribution in [3.63, 3.8) is 0 Å². The van der Waals surface area contributed by atoms with Gasteiger partial charge in [0.15, 0.2) is 5.16 Å². The molecule has 1 aromatic carbocycles. The number of carbonyl (C=O) groups is 2. The first-order valence-electron chi connectivity index (χ1n) is 9.44. The summed E-state index contributed by atoms with van der Waals surface area (Å²) >= 11 is 1.31. The van der Waals surface area contributed by atoms with E-state index >= 15 is 0 Å². The molecule has 156 valence electrons. The number of anilines is 1. The molecule has 2 heterocycles. The zero-order valence-corrected chi connectivity index (χ0v) is 17.5. The highest BCUT2D eigenvalue weighted by atomic mass is 32.2. The highest BCUT2D eigenvalue weighted by Gasteiger charge is 2.21. The van der Waals surface area contributed by atoms with Gasteiger partial charge in [0.05, 0.1) is 32.1 Å². The fourth-order valence-corrected chi connectivity index (χ4v) is 3.57. The Bertz CT molecular complexity index is 821. The van der Waals surface area contributed by atoms with Gasteiger partial charge in [-0.05, 0) is 5.56 Å². The number of rotatable bonds is 8. The molecule has 2 amide bonds. The summed E-state index contributed by atoms with van der Waals surface area (Å²) in [5, 5.41) is 12.0. The Kier molecular flexibility index (Phi) is 7.48. The van der Waals surface area contributed by atoms with Crippen LogP contribution in [0.2, 0.25) is 0 Å². The molecular weight excluding hydrogens is 392 g/mol. The molecule has 1 aliphatic rings. The first-order valence-corrected chi connectivity index (χ1v) is 10.4. The van der Waals surface area contributed by atoms with Gasteiger partial charge in [0.2, 0.25) is 17.8 Å². The topological polar surface area (TPSA) is 92.6 Å². The van der Waals surface area contributed by atoms with Crippen molar-refractivity contribution in [2.45, 2.75) is 11.7 Å². The van der Waals surface area contributed by atoms with E-state index in [4.69, 9.17) is 4.74 Å². The molecule has 1 aromatic heterocycles. The van der Waals surface area contributed by atoms with E-state index in [1.165, 1.54) is 16.7 Å². The van der Waals surface area contributed by atoms with Gasteiger partial charge in [0.25, 0.3) is 0 Å². The van der Waals surface area contributed by atoms with Crippen molar-refractivity contribution in [2.75, 3.05) is 57.6 Å². The number of nitrogens with zero attached hydrogens (tertiary/aromatic N) is 5. The standard InChI is InChI=1S/C19H26N6O3S/c1-23(2)17(27)12-20-16(26)14-29-19-22-21-18(24-8-10-28-11-9-24)25(19)13-15-6-4-3-5-7-15/h3-7H,8-14H2,1-2H3,(H,20,26). The summed E-state index contributed by atoms with van der Waals surface area (Å²) in [5.74, 6) is 0.580. The summed E-state index contributed by atoms with van der Waals surface area (Å²) in [7, 11) is 3.31. The fourth-order valence-electron chi connectivity index (χ4n) is 2.80. The molecule has 10 heteroatoms. The van der Waals surface area contributed by atoms with Gasteiger partial charge in [-0.15, -0.1) is 10.2 Å². The molecular formula is C19H26N6O3S. The van der Waals surface area contributed by atoms with Crippen LogP contribution in [0.1, 0.15) is 5.56 Å². The number of carbonyl (C=O) groups excluding carboxylic acids is 2. The summed E-state index contributed by atoms with van der Waals surface area (Å²) in [6.45, 7) is 3.42. The second-order valence-electron chi connectivity index (χ2n) is 6.81. The molecule has 9 nitrogen and oxygen atoms in total. The third kappa shape index (κ3) is 5.94. The zero-order chi connectivity index (χ0) is 20.6. The molecule has 0 bridgehead atoms. The number of morpholine rings is 1. The highest BCUT2D eigenvalue weighted by molar-refractivity contribution is 7.99. The Morgan fingerprint density at radius 2 is 1.90 bits per heavy atom. The largest absolute Gasteiger partial charge is 0.378 e. The van der Waals surface area contributed by atoms with Gasteiger partial charge in [-0.3, -0.25) is 14.2 Å². The minimum absolute atomic E-state index is 0.0118. The van der Waals surface area contributed by atoms with E-state index in [9.17, 15) is 9.59 Å². The summed E-state index contributed by atoms with van der Waals surface area (Å²) in [6.07, 6.45) is 0. The number of amides is 2. The molecule has 1 fully saturated rings. The lowest BCUT2D eigenvalue weighted by molar-refractivity contribution is -0.130. The van der Waals surface area contributed by atoms with E-state index in [2.05, 4.69) is 32.5 Å². The lowest BCUT2D eigenvalue weighted by Gasteiger charge is -2.28. The molecule has 0 saturated carbocycles. The van der Waals surface area contributed by atoms with E-state index in [-0.39, 0.29) is 24.1 Å². The Morgan fingerprint density at radius 1 is 1.17 bits per heavy atom. The Labute approximate surface area is 174 Å². The van der Waals surface area contributed by atoms with E-state index in [1.807, 2.05) is 22.8 Å². The molecule has 0 spiro atoms. The average molecular weight is 419 g/mol. The van der Waals surface area contributed by atoms with Gasteiger partial charge in [0.1, 0.15) is 0 Å². The number of aromatic nitrogens is 3. The van der Waals surface area contributed by atoms with Crippen molar-refractivity contribution in [1.82, 2.24) is 25.0 Å². The summed E-state index contributed by atoms with van der Waals surface area (Å²) in [4.78, 5) is 27.3. The number of benzene rings is 1. The maximum absolute atomic E-state index is 12.1. The monoisotopic (exact) mass is 418 g/mol. The van der Waals surface area contributed by atoms with Crippen LogP contribution in [-0.2, 0) is 20.9 Å². The third-order valence-corrected chi connectivity index (χ3v) is 5.41. The average Bonchev–Trinajstić information content (AvgIpc) is 3.14. The van der Waals surface area contributed by atoms with Crippen LogP contribution in [0.5, 0.6) is 0 Å². The maximum atomic E-state index is 12.1. The van der Waals surface area contributed by atoms with Gasteiger partial charge in [0, 0.05) is 27.2 Å². The van der Waals surface area contributed by atoms with Gasteiger partial charge >= 0.3 is 0 Å². The molecule has 2 aromatic rings. The van der Waals surface area contributed by atoms with Gasteiger partial charge in [-0.25, -0.2) is 0 Å². The van der Waals surface area contributed by atoms with Gasteiger partial charge in [-0.2, -0.15) is 0 Å². The maximum Gasteiger partial charge on any atom is 0.241 e. The van der Waals surface area contributed by atoms with Gasteiger partial charge < -0.3 is 19.9 Å². The summed E-state index contributed by atoms with van der Waals surface area (Å²) in [6, 6.07) is 10.1. The molecule has 1 saturated heterocycles. The van der Waals surface area contributed by atoms with Crippen LogP contribution in [0.4, 0.5) is 5.95 Å². The number of hydrogen-bond acceptors (Lipinski definition) is 7. The minimum Gasteiger partial charge on any atom is -0.378 e. The van der Waals surface area contributed by atoms with E-state index in [1.54, 1.807) is 14.1 Å². The van der Waals surface area contributed by atoms with Crippen LogP contribution < -0.4 is 10.2 Å². The first-order chi connectivity index (χ1) is 14.0. The highest BCUT2D eigenvalue weighted by Crippen LogP contribution is 2.24. The van der Waals surface area contributed by atoms with Gasteiger partial charge in [-0.1, -0.05) is 42.1 Å². The van der Waals surface area contributed by atoms with Crippen LogP contribution in [0.25, 0.3) is 0 Å². The van der Waals surface area contributed by atoms with Crippen LogP contribution in [0.3, 0.4) is 0 Å². The number of ether oxygens (including phenoxy) is 1. The SMILES string of the molecule is CN(C)C(=O)CNC(=O)CSc1nnc(N2CCOCC2)n1Cc1ccccc1. The Balaban J connectivity index is 1.69. The van der Waals surface area contributed by atoms with Crippen molar-refractivity contribution in [3.05, 3.63) is 35.9 Å². The van der Waals surface area contributed by atoms with E-state index < -0.39 is 0 Å². The Morgan fingerprint density at radius 3 is 2.59 bits per heavy atom. The zero-order valence-electron chi connectivity index (χ0n) is 16.7. The molecule has 0 radical (unpaired) electrons. The van der Waals surface area contributed by atoms with E-state index in [0.29, 0.717) is 24.9 Å². The molecule has 3 rings (SSSR count). The van der Waals surface area contributed by atoms with Crippen LogP contribution in [0.15, 0.2) is 35.5 Å². The number of nitrogens with one attached hydrogen (secondary N) is 1. The number of hydrogen-bond donors (Lipinski definition) is 1. The normalized spacial score (nSPS) is 13.9. The fraction of sp³-hybridized carbons (Fsp3) is 0.474. The molecule has 1 aliphatic heterocycles. The molecule has 0 aliphatic carbocycles. The number of likely N-dealkylation sites (N-methyl/N-ethyl adjacent to an activating group) is 1. The second kappa shape index (κ2) is 10.3. The van der Waals surface area contributed by atoms with Crippen LogP contribution >= 0.6 is 11.8 Å². The first kappa shape index (κ1) is 21.1. The van der Waals surface area contributed by atoms with Crippen LogP contribution in [-0.4, -0.2) is 84.2 Å². The Hall–Kier alpha value is -2.59. The van der Waals surface area contributed by atoms with Crippen molar-refractivity contribution in [1.29, 1.82) is 0 Å². The molecule has 29 heavy (non-hydrogen) atoms. The van der Waals surface area contributed by atoms with Crippen LogP contribution in [0, 0.1) is 0 Å². The lowest BCUT2D eigenvalue weighted by Crippen LogP contribution is -2.38. The summed E-state index contributed by atoms with van der Waals surface area (Å²) < 4.78 is 7.47. The second-order valence-corrected chi connectivity index (χ2v) is 7.75. The smallest absolute Gasteiger partial charge is 0.241 e. The molecule has 1 N–H and O–H groups in total. The van der Waals surface area contributed by atoms with Crippen molar-refractivity contribution >= 4 is 29.5 Å². The minimum atomic E-state index is -0.215. The van der Waals surface area contributed by atoms with Crippen molar-refractivity contribution in [3.8, 4) is 0 Å².